The fourth-order valence-electron chi connectivity index (χ4n) is 1.91. The van der Waals surface area contributed by atoms with Gasteiger partial charge < -0.3 is 5.32 Å². The van der Waals surface area contributed by atoms with Crippen LogP contribution in [-0.2, 0) is 0 Å². The van der Waals surface area contributed by atoms with E-state index in [1.807, 2.05) is 13.0 Å². The number of benzene rings is 1. The molecule has 2 heterocycles. The molecule has 0 radical (unpaired) electrons. The lowest BCUT2D eigenvalue weighted by atomic mass is 10.2. The number of pyridine rings is 1. The molecule has 0 spiro atoms. The highest BCUT2D eigenvalue weighted by Crippen LogP contribution is 2.21. The van der Waals surface area contributed by atoms with Gasteiger partial charge in [-0.25, -0.2) is 9.97 Å². The normalized spacial score (nSPS) is 10.6. The van der Waals surface area contributed by atoms with Gasteiger partial charge in [0.15, 0.2) is 5.65 Å². The molecule has 0 saturated carbocycles. The number of halogens is 1. The molecule has 0 fully saturated rings. The summed E-state index contributed by atoms with van der Waals surface area (Å²) in [6.45, 7) is 1.90. The van der Waals surface area contributed by atoms with Crippen molar-refractivity contribution in [2.75, 3.05) is 5.32 Å². The molecular formula is C15H11ClN4O. The topological polar surface area (TPSA) is 67.8 Å². The third-order valence-corrected chi connectivity index (χ3v) is 3.27. The molecular weight excluding hydrogens is 288 g/mol. The zero-order chi connectivity index (χ0) is 14.8. The lowest BCUT2D eigenvalue weighted by molar-refractivity contribution is 0.102. The number of hydrogen-bond donors (Lipinski definition) is 1. The van der Waals surface area contributed by atoms with Gasteiger partial charge in [-0.2, -0.15) is 0 Å². The first-order valence-corrected chi connectivity index (χ1v) is 6.65. The molecule has 104 valence electrons. The molecule has 2 aromatic heterocycles. The molecule has 0 aliphatic heterocycles. The zero-order valence-corrected chi connectivity index (χ0v) is 11.9. The Labute approximate surface area is 126 Å². The standard InChI is InChI=1S/C15H11ClN4O/c1-9-2-3-11(16)7-12(9)20-15(21)10-6-13-14(19-8-10)18-5-4-17-13/h2-8H,1H3,(H,20,21). The molecule has 21 heavy (non-hydrogen) atoms. The summed E-state index contributed by atoms with van der Waals surface area (Å²) in [4.78, 5) is 24.6. The van der Waals surface area contributed by atoms with Crippen LogP contribution < -0.4 is 5.32 Å². The molecule has 3 aromatic rings. The molecule has 0 aliphatic rings. The van der Waals surface area contributed by atoms with Crippen LogP contribution in [0.1, 0.15) is 15.9 Å². The number of carbonyl (C=O) groups is 1. The van der Waals surface area contributed by atoms with E-state index in [2.05, 4.69) is 20.3 Å². The summed E-state index contributed by atoms with van der Waals surface area (Å²) in [7, 11) is 0. The van der Waals surface area contributed by atoms with Crippen LogP contribution in [0.2, 0.25) is 5.02 Å². The minimum Gasteiger partial charge on any atom is -0.322 e. The van der Waals surface area contributed by atoms with Crippen molar-refractivity contribution in [2.45, 2.75) is 6.92 Å². The Morgan fingerprint density at radius 1 is 1.14 bits per heavy atom. The van der Waals surface area contributed by atoms with Crippen molar-refractivity contribution in [1.82, 2.24) is 15.0 Å². The smallest absolute Gasteiger partial charge is 0.257 e. The number of anilines is 1. The van der Waals surface area contributed by atoms with Crippen LogP contribution in [0.4, 0.5) is 5.69 Å². The van der Waals surface area contributed by atoms with Crippen molar-refractivity contribution < 1.29 is 4.79 Å². The SMILES string of the molecule is Cc1ccc(Cl)cc1NC(=O)c1cnc2nccnc2c1. The molecule has 1 amide bonds. The number of nitrogens with zero attached hydrogens (tertiary/aromatic N) is 3. The third-order valence-electron chi connectivity index (χ3n) is 3.03. The molecule has 1 N–H and O–H groups in total. The number of fused-ring (bicyclic) bond motifs is 1. The van der Waals surface area contributed by atoms with Gasteiger partial charge in [0, 0.05) is 29.3 Å². The van der Waals surface area contributed by atoms with Gasteiger partial charge in [0.1, 0.15) is 5.52 Å². The number of aromatic nitrogens is 3. The van der Waals surface area contributed by atoms with Gasteiger partial charge in [-0.3, -0.25) is 9.78 Å². The van der Waals surface area contributed by atoms with Crippen LogP contribution in [-0.4, -0.2) is 20.9 Å². The number of amides is 1. The molecule has 0 atom stereocenters. The van der Waals surface area contributed by atoms with E-state index >= 15 is 0 Å². The third kappa shape index (κ3) is 2.83. The molecule has 1 aromatic carbocycles. The van der Waals surface area contributed by atoms with Crippen LogP contribution in [0.5, 0.6) is 0 Å². The minimum absolute atomic E-state index is 0.264. The van der Waals surface area contributed by atoms with Gasteiger partial charge in [-0.05, 0) is 30.7 Å². The first-order chi connectivity index (χ1) is 10.1. The first kappa shape index (κ1) is 13.5. The average molecular weight is 299 g/mol. The number of aryl methyl sites for hydroxylation is 1. The second-order valence-electron chi connectivity index (χ2n) is 4.54. The van der Waals surface area contributed by atoms with Crippen molar-refractivity contribution in [2.24, 2.45) is 0 Å². The van der Waals surface area contributed by atoms with Crippen molar-refractivity contribution in [1.29, 1.82) is 0 Å². The number of hydrogen-bond acceptors (Lipinski definition) is 4. The minimum atomic E-state index is -0.264. The van der Waals surface area contributed by atoms with Gasteiger partial charge in [-0.15, -0.1) is 0 Å². The van der Waals surface area contributed by atoms with Crippen molar-refractivity contribution in [3.8, 4) is 0 Å². The van der Waals surface area contributed by atoms with E-state index in [0.29, 0.717) is 27.4 Å². The summed E-state index contributed by atoms with van der Waals surface area (Å²) in [6.07, 6.45) is 4.60. The van der Waals surface area contributed by atoms with Gasteiger partial charge >= 0.3 is 0 Å². The zero-order valence-electron chi connectivity index (χ0n) is 11.2. The maximum atomic E-state index is 12.3. The maximum Gasteiger partial charge on any atom is 0.257 e. The summed E-state index contributed by atoms with van der Waals surface area (Å²) in [5.74, 6) is -0.264. The molecule has 6 heteroatoms. The second kappa shape index (κ2) is 5.46. The van der Waals surface area contributed by atoms with E-state index in [9.17, 15) is 4.79 Å². The van der Waals surface area contributed by atoms with Gasteiger partial charge in [0.2, 0.25) is 0 Å². The quantitative estimate of drug-likeness (QED) is 0.788. The maximum absolute atomic E-state index is 12.3. The summed E-state index contributed by atoms with van der Waals surface area (Å²) in [5.41, 5.74) is 3.11. The van der Waals surface area contributed by atoms with Gasteiger partial charge in [0.05, 0.1) is 5.56 Å². The van der Waals surface area contributed by atoms with Gasteiger partial charge in [-0.1, -0.05) is 17.7 Å². The predicted octanol–water partition coefficient (Wildman–Crippen LogP) is 3.24. The molecule has 0 unspecified atom stereocenters. The van der Waals surface area contributed by atoms with E-state index in [-0.39, 0.29) is 5.91 Å². The van der Waals surface area contributed by atoms with E-state index in [1.165, 1.54) is 6.20 Å². The van der Waals surface area contributed by atoms with Crippen LogP contribution in [0, 0.1) is 6.92 Å². The highest BCUT2D eigenvalue weighted by Gasteiger charge is 2.10. The van der Waals surface area contributed by atoms with E-state index in [1.54, 1.807) is 30.6 Å². The number of nitrogens with one attached hydrogen (secondary N) is 1. The summed E-state index contributed by atoms with van der Waals surface area (Å²) < 4.78 is 0. The summed E-state index contributed by atoms with van der Waals surface area (Å²) >= 11 is 5.94. The van der Waals surface area contributed by atoms with E-state index < -0.39 is 0 Å². The highest BCUT2D eigenvalue weighted by atomic mass is 35.5. The molecule has 0 aliphatic carbocycles. The molecule has 0 bridgehead atoms. The average Bonchev–Trinajstić information content (AvgIpc) is 2.50. The van der Waals surface area contributed by atoms with Gasteiger partial charge in [0.25, 0.3) is 5.91 Å². The lowest BCUT2D eigenvalue weighted by Crippen LogP contribution is -2.13. The lowest BCUT2D eigenvalue weighted by Gasteiger charge is -2.09. The van der Waals surface area contributed by atoms with Crippen molar-refractivity contribution in [3.63, 3.8) is 0 Å². The Bertz CT molecular complexity index is 835. The molecule has 5 nitrogen and oxygen atoms in total. The molecule has 0 saturated heterocycles. The monoisotopic (exact) mass is 298 g/mol. The highest BCUT2D eigenvalue weighted by molar-refractivity contribution is 6.31. The van der Waals surface area contributed by atoms with Crippen molar-refractivity contribution in [3.05, 3.63) is 59.0 Å². The fraction of sp³-hybridized carbons (Fsp3) is 0.0667. The Morgan fingerprint density at radius 3 is 2.81 bits per heavy atom. The van der Waals surface area contributed by atoms with E-state index in [0.717, 1.165) is 5.56 Å². The van der Waals surface area contributed by atoms with Crippen molar-refractivity contribution >= 4 is 34.4 Å². The number of carbonyl (C=O) groups excluding carboxylic acids is 1. The Hall–Kier alpha value is -2.53. The predicted molar refractivity (Wildman–Crippen MR) is 81.5 cm³/mol. The number of rotatable bonds is 2. The van der Waals surface area contributed by atoms with E-state index in [4.69, 9.17) is 11.6 Å². The fourth-order valence-corrected chi connectivity index (χ4v) is 2.08. The van der Waals surface area contributed by atoms with Crippen LogP contribution in [0.3, 0.4) is 0 Å². The summed E-state index contributed by atoms with van der Waals surface area (Å²) in [6, 6.07) is 7.00. The molecule has 3 rings (SSSR count). The Balaban J connectivity index is 1.91. The Kier molecular flexibility index (Phi) is 3.50. The second-order valence-corrected chi connectivity index (χ2v) is 4.97. The summed E-state index contributed by atoms with van der Waals surface area (Å²) in [5, 5.41) is 3.39. The first-order valence-electron chi connectivity index (χ1n) is 6.28. The largest absolute Gasteiger partial charge is 0.322 e. The van der Waals surface area contributed by atoms with Crippen LogP contribution in [0.15, 0.2) is 42.9 Å². The van der Waals surface area contributed by atoms with Crippen LogP contribution >= 0.6 is 11.6 Å². The van der Waals surface area contributed by atoms with Crippen LogP contribution in [0.25, 0.3) is 11.2 Å². The Morgan fingerprint density at radius 2 is 1.95 bits per heavy atom.